The van der Waals surface area contributed by atoms with Gasteiger partial charge in [-0.25, -0.2) is 0 Å². The summed E-state index contributed by atoms with van der Waals surface area (Å²) >= 11 is 0. The number of hydrogen-bond acceptors (Lipinski definition) is 9. The SMILES string of the molecule is CCO[Si](OCC)(OCC)c1ccccc1.COCCOC([SiH3])=C(OCCOC)OCCOC. The number of rotatable bonds is 19. The molecule has 11 heteroatoms. The zero-order chi connectivity index (χ0) is 25.5. The molecule has 0 saturated heterocycles. The molecule has 1 rings (SSSR count). The molecule has 0 radical (unpaired) electrons. The van der Waals surface area contributed by atoms with Crippen LogP contribution in [0, 0.1) is 0 Å². The second-order valence-corrected chi connectivity index (χ2v) is 10.1. The molecule has 0 heterocycles. The predicted octanol–water partition coefficient (Wildman–Crippen LogP) is 1.41. The van der Waals surface area contributed by atoms with Gasteiger partial charge in [-0.05, 0) is 20.8 Å². The van der Waals surface area contributed by atoms with E-state index in [1.807, 2.05) is 51.1 Å². The third-order valence-corrected chi connectivity index (χ3v) is 7.81. The topological polar surface area (TPSA) is 83.1 Å². The lowest BCUT2D eigenvalue weighted by atomic mass is 10.4. The lowest BCUT2D eigenvalue weighted by molar-refractivity contribution is -0.0156. The third kappa shape index (κ3) is 14.1. The second kappa shape index (κ2) is 22.0. The first kappa shape index (κ1) is 32.6. The van der Waals surface area contributed by atoms with Gasteiger partial charge in [0.2, 0.25) is 0 Å². The van der Waals surface area contributed by atoms with E-state index in [4.69, 9.17) is 41.7 Å². The van der Waals surface area contributed by atoms with E-state index in [2.05, 4.69) is 0 Å². The largest absolute Gasteiger partial charge is 0.537 e. The van der Waals surface area contributed by atoms with Gasteiger partial charge in [-0.3, -0.25) is 0 Å². The van der Waals surface area contributed by atoms with Crippen molar-refractivity contribution in [2.75, 3.05) is 80.8 Å². The van der Waals surface area contributed by atoms with Gasteiger partial charge in [0.05, 0.1) is 30.1 Å². The molecule has 198 valence electrons. The van der Waals surface area contributed by atoms with Crippen LogP contribution in [0.25, 0.3) is 0 Å². The Labute approximate surface area is 209 Å². The molecule has 1 aromatic rings. The molecule has 0 aliphatic rings. The highest BCUT2D eigenvalue weighted by atomic mass is 28.4. The van der Waals surface area contributed by atoms with Crippen LogP contribution in [0.3, 0.4) is 0 Å². The van der Waals surface area contributed by atoms with E-state index in [0.717, 1.165) is 10.6 Å². The fourth-order valence-electron chi connectivity index (χ4n) is 2.60. The zero-order valence-electron chi connectivity index (χ0n) is 21.9. The average molecular weight is 521 g/mol. The van der Waals surface area contributed by atoms with Crippen LogP contribution in [-0.4, -0.2) is 99.8 Å². The number of ether oxygens (including phenoxy) is 6. The van der Waals surface area contributed by atoms with E-state index in [9.17, 15) is 0 Å². The van der Waals surface area contributed by atoms with Crippen molar-refractivity contribution in [2.24, 2.45) is 0 Å². The van der Waals surface area contributed by atoms with Crippen LogP contribution in [0.2, 0.25) is 0 Å². The number of hydrogen-bond donors (Lipinski definition) is 0. The number of methoxy groups -OCH3 is 3. The minimum Gasteiger partial charge on any atom is -0.494 e. The first-order chi connectivity index (χ1) is 16.5. The van der Waals surface area contributed by atoms with Crippen molar-refractivity contribution in [3.05, 3.63) is 41.7 Å². The van der Waals surface area contributed by atoms with Crippen molar-refractivity contribution >= 4 is 24.2 Å². The van der Waals surface area contributed by atoms with Crippen LogP contribution >= 0.6 is 0 Å². The molecule has 0 aromatic heterocycles. The summed E-state index contributed by atoms with van der Waals surface area (Å²) in [4.78, 5) is 0. The smallest absolute Gasteiger partial charge is 0.494 e. The molecule has 0 saturated carbocycles. The normalized spacial score (nSPS) is 10.9. The van der Waals surface area contributed by atoms with Crippen molar-refractivity contribution in [3.63, 3.8) is 0 Å². The Bertz CT molecular complexity index is 589. The second-order valence-electron chi connectivity index (χ2n) is 6.59. The molecular weight excluding hydrogens is 476 g/mol. The maximum Gasteiger partial charge on any atom is 0.537 e. The van der Waals surface area contributed by atoms with Crippen molar-refractivity contribution in [2.45, 2.75) is 20.8 Å². The van der Waals surface area contributed by atoms with E-state index in [-0.39, 0.29) is 0 Å². The van der Waals surface area contributed by atoms with Gasteiger partial charge in [-0.15, -0.1) is 0 Å². The standard InChI is InChI=1S/C12H20O3Si.C11H24O6Si/c1-4-13-16(14-5-2,15-6-3)12-10-8-7-9-11-12;1-12-4-7-15-10(16-8-5-13-2)11(18)17-9-6-14-3/h7-11H,4-6H2,1-3H3;4-9H2,1-3,18H3. The Morgan fingerprint density at radius 1 is 0.647 bits per heavy atom. The summed E-state index contributed by atoms with van der Waals surface area (Å²) in [5, 5.41) is 1.75. The summed E-state index contributed by atoms with van der Waals surface area (Å²) in [6.07, 6.45) is 0. The average Bonchev–Trinajstić information content (AvgIpc) is 2.85. The van der Waals surface area contributed by atoms with Crippen LogP contribution in [0.1, 0.15) is 20.8 Å². The molecule has 0 N–H and O–H groups in total. The van der Waals surface area contributed by atoms with E-state index >= 15 is 0 Å². The molecule has 0 aliphatic carbocycles. The van der Waals surface area contributed by atoms with Crippen LogP contribution in [0.5, 0.6) is 0 Å². The molecule has 0 spiro atoms. The van der Waals surface area contributed by atoms with E-state index in [1.54, 1.807) is 21.3 Å². The van der Waals surface area contributed by atoms with Gasteiger partial charge in [0.25, 0.3) is 0 Å². The van der Waals surface area contributed by atoms with Crippen LogP contribution in [0.4, 0.5) is 0 Å². The minimum absolute atomic E-state index is 0.423. The Kier molecular flexibility index (Phi) is 21.1. The van der Waals surface area contributed by atoms with Crippen molar-refractivity contribution in [1.82, 2.24) is 0 Å². The molecule has 0 amide bonds. The lowest BCUT2D eigenvalue weighted by Crippen LogP contribution is -2.56. The fourth-order valence-corrected chi connectivity index (χ4v) is 5.59. The van der Waals surface area contributed by atoms with E-state index < -0.39 is 8.80 Å². The zero-order valence-corrected chi connectivity index (χ0v) is 24.9. The van der Waals surface area contributed by atoms with Crippen LogP contribution in [0.15, 0.2) is 41.7 Å². The van der Waals surface area contributed by atoms with Gasteiger partial charge < -0.3 is 41.7 Å². The highest BCUT2D eigenvalue weighted by Gasteiger charge is 2.42. The summed E-state index contributed by atoms with van der Waals surface area (Å²) in [5.74, 6) is 0.423. The maximum absolute atomic E-state index is 5.79. The first-order valence-electron chi connectivity index (χ1n) is 11.6. The summed E-state index contributed by atoms with van der Waals surface area (Å²) in [7, 11) is 2.89. The summed E-state index contributed by atoms with van der Waals surface area (Å²) in [5.41, 5.74) is 0. The Hall–Kier alpha value is -1.45. The van der Waals surface area contributed by atoms with Gasteiger partial charge in [0.1, 0.15) is 25.2 Å². The Morgan fingerprint density at radius 2 is 1.06 bits per heavy atom. The molecule has 0 atom stereocenters. The van der Waals surface area contributed by atoms with E-state index in [0.29, 0.717) is 75.6 Å². The van der Waals surface area contributed by atoms with Crippen molar-refractivity contribution in [1.29, 1.82) is 0 Å². The molecule has 1 aromatic carbocycles. The summed E-state index contributed by atoms with van der Waals surface area (Å²) < 4.78 is 48.6. The van der Waals surface area contributed by atoms with Crippen molar-refractivity contribution in [3.8, 4) is 0 Å². The van der Waals surface area contributed by atoms with Crippen LogP contribution < -0.4 is 5.19 Å². The highest BCUT2D eigenvalue weighted by molar-refractivity contribution is 6.75. The molecule has 0 unspecified atom stereocenters. The Morgan fingerprint density at radius 3 is 1.44 bits per heavy atom. The predicted molar refractivity (Wildman–Crippen MR) is 137 cm³/mol. The minimum atomic E-state index is -2.67. The maximum atomic E-state index is 5.79. The molecule has 0 aliphatic heterocycles. The monoisotopic (exact) mass is 520 g/mol. The van der Waals surface area contributed by atoms with E-state index in [1.165, 1.54) is 0 Å². The summed E-state index contributed by atoms with van der Waals surface area (Å²) in [6, 6.07) is 9.95. The van der Waals surface area contributed by atoms with Gasteiger partial charge in [0.15, 0.2) is 0 Å². The molecular formula is C23H44O9Si2. The molecule has 34 heavy (non-hydrogen) atoms. The highest BCUT2D eigenvalue weighted by Crippen LogP contribution is 2.10. The number of benzene rings is 1. The molecule has 0 fully saturated rings. The van der Waals surface area contributed by atoms with Crippen LogP contribution in [-0.2, 0) is 41.7 Å². The van der Waals surface area contributed by atoms with Crippen molar-refractivity contribution < 1.29 is 41.7 Å². The Balaban J connectivity index is 0.000000644. The lowest BCUT2D eigenvalue weighted by Gasteiger charge is -2.28. The van der Waals surface area contributed by atoms with Gasteiger partial charge in [0, 0.05) is 46.3 Å². The van der Waals surface area contributed by atoms with Gasteiger partial charge in [-0.2, -0.15) is 0 Å². The fraction of sp³-hybridized carbons (Fsp3) is 0.652. The first-order valence-corrected chi connectivity index (χ1v) is 14.3. The van der Waals surface area contributed by atoms with Gasteiger partial charge in [-0.1, -0.05) is 30.3 Å². The summed E-state index contributed by atoms with van der Waals surface area (Å²) in [6.45, 7) is 10.6. The third-order valence-electron chi connectivity index (χ3n) is 4.07. The molecule has 0 bridgehead atoms. The quantitative estimate of drug-likeness (QED) is 0.153. The van der Waals surface area contributed by atoms with Gasteiger partial charge >= 0.3 is 14.7 Å². The molecule has 9 nitrogen and oxygen atoms in total.